The molecule has 0 aromatic carbocycles. The summed E-state index contributed by atoms with van der Waals surface area (Å²) in [7, 11) is 16.9. The lowest BCUT2D eigenvalue weighted by Gasteiger charge is -2.61. The Morgan fingerprint density at radius 1 is 0.462 bits per heavy atom. The molecule has 0 aromatic heterocycles. The van der Waals surface area contributed by atoms with E-state index in [1.165, 1.54) is 0 Å². The summed E-state index contributed by atoms with van der Waals surface area (Å²) in [5, 5.41) is 0. The van der Waals surface area contributed by atoms with Gasteiger partial charge in [0.2, 0.25) is 0 Å². The molecule has 0 aliphatic carbocycles. The number of rotatable bonds is 4. The second-order valence-corrected chi connectivity index (χ2v) is 4.55. The van der Waals surface area contributed by atoms with Crippen LogP contribution in [0.2, 0.25) is 0 Å². The molecule has 0 aromatic rings. The van der Waals surface area contributed by atoms with Gasteiger partial charge in [0.15, 0.2) is 0 Å². The fraction of sp³-hybridized carbons (Fsp3) is 1.00. The van der Waals surface area contributed by atoms with E-state index < -0.39 is 6.69 Å². The van der Waals surface area contributed by atoms with Crippen molar-refractivity contribution in [2.24, 2.45) is 0 Å². The van der Waals surface area contributed by atoms with Crippen molar-refractivity contribution in [1.82, 2.24) is 19.2 Å². The van der Waals surface area contributed by atoms with Crippen molar-refractivity contribution in [3.05, 3.63) is 0 Å². The molecular weight excluding hydrogens is 163 g/mol. The molecule has 0 atom stereocenters. The maximum absolute atomic E-state index is 2.25. The highest BCUT2D eigenvalue weighted by atomic mass is 15.5. The maximum atomic E-state index is 2.25. The van der Waals surface area contributed by atoms with Crippen LogP contribution in [0.3, 0.4) is 0 Å². The lowest BCUT2D eigenvalue weighted by atomic mass is 9.67. The zero-order chi connectivity index (χ0) is 10.8. The van der Waals surface area contributed by atoms with Gasteiger partial charge in [0.25, 0.3) is 6.69 Å². The van der Waals surface area contributed by atoms with E-state index in [-0.39, 0.29) is 0 Å². The molecule has 4 nitrogen and oxygen atoms in total. The summed E-state index contributed by atoms with van der Waals surface area (Å²) in [5.74, 6) is 0. The van der Waals surface area contributed by atoms with Gasteiger partial charge in [-0.25, -0.2) is 0 Å². The summed E-state index contributed by atoms with van der Waals surface area (Å²) in [6, 6.07) is 0. The fourth-order valence-corrected chi connectivity index (χ4v) is 2.77. The van der Waals surface area contributed by atoms with Crippen molar-refractivity contribution in [3.8, 4) is 0 Å². The van der Waals surface area contributed by atoms with E-state index >= 15 is 0 Å². The lowest BCUT2D eigenvalue weighted by molar-refractivity contribution is 0.294. The van der Waals surface area contributed by atoms with Crippen molar-refractivity contribution in [1.29, 1.82) is 0 Å². The Bertz CT molecular complexity index is 119. The minimum atomic E-state index is -0.889. The van der Waals surface area contributed by atoms with Crippen molar-refractivity contribution in [2.45, 2.75) is 0 Å². The Morgan fingerprint density at radius 2 is 0.615 bits per heavy atom. The van der Waals surface area contributed by atoms with Crippen LogP contribution in [0, 0.1) is 0 Å². The van der Waals surface area contributed by atoms with Crippen molar-refractivity contribution in [2.75, 3.05) is 56.4 Å². The van der Waals surface area contributed by atoms with Crippen LogP contribution in [0.5, 0.6) is 0 Å². The topological polar surface area (TPSA) is 13.0 Å². The Balaban J connectivity index is 5.06. The predicted molar refractivity (Wildman–Crippen MR) is 60.5 cm³/mol. The molecular formula is C8H24BN4-. The van der Waals surface area contributed by atoms with Crippen LogP contribution in [-0.4, -0.2) is 82.3 Å². The molecule has 0 aliphatic rings. The molecule has 0 heterocycles. The van der Waals surface area contributed by atoms with Gasteiger partial charge in [-0.3, -0.25) is 0 Å². The van der Waals surface area contributed by atoms with E-state index in [0.29, 0.717) is 0 Å². The maximum Gasteiger partial charge on any atom is 0.275 e. The van der Waals surface area contributed by atoms with E-state index in [2.05, 4.69) is 75.6 Å². The molecule has 0 radical (unpaired) electrons. The van der Waals surface area contributed by atoms with Crippen LogP contribution in [0.25, 0.3) is 0 Å². The van der Waals surface area contributed by atoms with Crippen LogP contribution >= 0.6 is 0 Å². The molecule has 0 aliphatic heterocycles. The Kier molecular flexibility index (Phi) is 4.38. The average Bonchev–Trinajstić information content (AvgIpc) is 1.82. The molecule has 13 heavy (non-hydrogen) atoms. The molecule has 0 N–H and O–H groups in total. The number of nitrogens with zero attached hydrogens (tertiary/aromatic N) is 4. The second kappa shape index (κ2) is 4.42. The molecule has 0 amide bonds. The van der Waals surface area contributed by atoms with Crippen LogP contribution in [0.4, 0.5) is 0 Å². The van der Waals surface area contributed by atoms with Gasteiger partial charge < -0.3 is 19.2 Å². The Labute approximate surface area is 83.1 Å². The van der Waals surface area contributed by atoms with Gasteiger partial charge >= 0.3 is 0 Å². The predicted octanol–water partition coefficient (Wildman–Crippen LogP) is -0.332. The van der Waals surface area contributed by atoms with Gasteiger partial charge in [0.1, 0.15) is 0 Å². The zero-order valence-corrected chi connectivity index (χ0v) is 10.4. The van der Waals surface area contributed by atoms with Gasteiger partial charge in [-0.1, -0.05) is 0 Å². The molecule has 0 fully saturated rings. The third kappa shape index (κ3) is 2.04. The fourth-order valence-electron chi connectivity index (χ4n) is 2.77. The van der Waals surface area contributed by atoms with E-state index in [1.54, 1.807) is 0 Å². The molecule has 0 bridgehead atoms. The van der Waals surface area contributed by atoms with Crippen LogP contribution in [-0.2, 0) is 0 Å². The third-order valence-electron chi connectivity index (χ3n) is 2.77. The zero-order valence-electron chi connectivity index (χ0n) is 10.4. The minimum Gasteiger partial charge on any atom is -0.439 e. The van der Waals surface area contributed by atoms with Gasteiger partial charge in [0, 0.05) is 0 Å². The van der Waals surface area contributed by atoms with E-state index in [0.717, 1.165) is 0 Å². The highest BCUT2D eigenvalue weighted by molar-refractivity contribution is 6.68. The summed E-state index contributed by atoms with van der Waals surface area (Å²) < 4.78 is 0. The summed E-state index contributed by atoms with van der Waals surface area (Å²) in [6.07, 6.45) is 0. The van der Waals surface area contributed by atoms with Crippen LogP contribution < -0.4 is 0 Å². The second-order valence-electron chi connectivity index (χ2n) is 4.55. The van der Waals surface area contributed by atoms with Crippen molar-refractivity contribution in [3.63, 3.8) is 0 Å². The first-order valence-electron chi connectivity index (χ1n) is 4.61. The summed E-state index contributed by atoms with van der Waals surface area (Å²) in [6.45, 7) is -0.889. The molecule has 0 saturated carbocycles. The molecule has 5 heteroatoms. The van der Waals surface area contributed by atoms with E-state index in [4.69, 9.17) is 0 Å². The average molecular weight is 187 g/mol. The number of hydrogen-bond donors (Lipinski definition) is 0. The Hall–Kier alpha value is -0.0951. The normalized spacial score (nSPS) is 13.8. The summed E-state index contributed by atoms with van der Waals surface area (Å²) in [4.78, 5) is 9.00. The highest BCUT2D eigenvalue weighted by Crippen LogP contribution is 2.14. The summed E-state index contributed by atoms with van der Waals surface area (Å²) >= 11 is 0. The first-order valence-corrected chi connectivity index (χ1v) is 4.61. The first-order chi connectivity index (χ1) is 5.77. The largest absolute Gasteiger partial charge is 0.439 e. The minimum absolute atomic E-state index is 0.889. The van der Waals surface area contributed by atoms with Crippen LogP contribution in [0.1, 0.15) is 0 Å². The van der Waals surface area contributed by atoms with Crippen molar-refractivity contribution >= 4 is 6.69 Å². The van der Waals surface area contributed by atoms with E-state index in [1.807, 2.05) is 0 Å². The standard InChI is InChI=1S/C8H24BN4/c1-10(2)9(11(3)4,12(5)6)13(7)8/h1-8H3/q-1. The Morgan fingerprint density at radius 3 is 0.615 bits per heavy atom. The molecule has 0 spiro atoms. The van der Waals surface area contributed by atoms with Gasteiger partial charge in [-0.2, -0.15) is 0 Å². The lowest BCUT2D eigenvalue weighted by Crippen LogP contribution is -2.77. The first kappa shape index (κ1) is 12.9. The summed E-state index contributed by atoms with van der Waals surface area (Å²) in [5.41, 5.74) is 0. The van der Waals surface area contributed by atoms with Crippen LogP contribution in [0.15, 0.2) is 0 Å². The quantitative estimate of drug-likeness (QED) is 0.558. The van der Waals surface area contributed by atoms with E-state index in [9.17, 15) is 0 Å². The number of hydrogen-bond acceptors (Lipinski definition) is 4. The van der Waals surface area contributed by atoms with Gasteiger partial charge in [-0.15, -0.1) is 0 Å². The molecule has 0 rings (SSSR count). The third-order valence-corrected chi connectivity index (χ3v) is 2.77. The van der Waals surface area contributed by atoms with Gasteiger partial charge in [0.05, 0.1) is 0 Å². The molecule has 0 unspecified atom stereocenters. The SMILES string of the molecule is CN(C)[B-](N(C)C)(N(C)C)N(C)C. The molecule has 0 saturated heterocycles. The monoisotopic (exact) mass is 187 g/mol. The smallest absolute Gasteiger partial charge is 0.275 e. The molecule has 80 valence electrons. The van der Waals surface area contributed by atoms with Crippen molar-refractivity contribution < 1.29 is 0 Å². The van der Waals surface area contributed by atoms with Gasteiger partial charge in [-0.05, 0) is 56.4 Å². The highest BCUT2D eigenvalue weighted by Gasteiger charge is 2.34.